The van der Waals surface area contributed by atoms with Crippen molar-refractivity contribution >= 4 is 5.97 Å². The van der Waals surface area contributed by atoms with E-state index in [9.17, 15) is 4.79 Å². The van der Waals surface area contributed by atoms with E-state index >= 15 is 0 Å². The molecule has 0 aromatic heterocycles. The highest BCUT2D eigenvalue weighted by Gasteiger charge is 2.23. The monoisotopic (exact) mass is 291 g/mol. The smallest absolute Gasteiger partial charge is 0.310 e. The van der Waals surface area contributed by atoms with Crippen molar-refractivity contribution in [2.24, 2.45) is 5.92 Å². The molecule has 3 unspecified atom stereocenters. The van der Waals surface area contributed by atoms with Crippen LogP contribution in [0.4, 0.5) is 0 Å². The van der Waals surface area contributed by atoms with Gasteiger partial charge < -0.3 is 14.8 Å². The highest BCUT2D eigenvalue weighted by molar-refractivity contribution is 5.72. The normalized spacial score (nSPS) is 21.0. The van der Waals surface area contributed by atoms with Crippen molar-refractivity contribution in [1.82, 2.24) is 5.32 Å². The van der Waals surface area contributed by atoms with E-state index in [2.05, 4.69) is 12.2 Å². The molecular weight excluding hydrogens is 266 g/mol. The fourth-order valence-electron chi connectivity index (χ4n) is 2.45. The van der Waals surface area contributed by atoms with Crippen LogP contribution in [0.25, 0.3) is 0 Å². The summed E-state index contributed by atoms with van der Waals surface area (Å²) in [6.45, 7) is 5.81. The minimum Gasteiger partial charge on any atom is -0.461 e. The number of benzene rings is 1. The Kier molecular flexibility index (Phi) is 6.21. The predicted molar refractivity (Wildman–Crippen MR) is 81.8 cm³/mol. The topological polar surface area (TPSA) is 47.6 Å². The zero-order valence-corrected chi connectivity index (χ0v) is 12.9. The minimum absolute atomic E-state index is 0.155. The fraction of sp³-hybridized carbons (Fsp3) is 0.588. The number of rotatable bonds is 7. The molecule has 0 saturated carbocycles. The Morgan fingerprint density at radius 1 is 1.38 bits per heavy atom. The quantitative estimate of drug-likeness (QED) is 0.784. The summed E-state index contributed by atoms with van der Waals surface area (Å²) in [6, 6.07) is 10.0. The highest BCUT2D eigenvalue weighted by atomic mass is 16.5. The third-order valence-electron chi connectivity index (χ3n) is 3.89. The summed E-state index contributed by atoms with van der Waals surface area (Å²) in [5.41, 5.74) is 1.01. The lowest BCUT2D eigenvalue weighted by atomic mass is 10.1. The number of hydrogen-bond donors (Lipinski definition) is 1. The van der Waals surface area contributed by atoms with E-state index in [0.717, 1.165) is 25.0 Å². The van der Waals surface area contributed by atoms with E-state index in [1.54, 1.807) is 0 Å². The van der Waals surface area contributed by atoms with Crippen LogP contribution >= 0.6 is 0 Å². The van der Waals surface area contributed by atoms with Gasteiger partial charge in [0.25, 0.3) is 0 Å². The number of esters is 1. The van der Waals surface area contributed by atoms with Crippen LogP contribution in [0.15, 0.2) is 30.3 Å². The second-order valence-electron chi connectivity index (χ2n) is 5.74. The first-order chi connectivity index (χ1) is 10.2. The van der Waals surface area contributed by atoms with Crippen molar-refractivity contribution in [3.05, 3.63) is 35.9 Å². The van der Waals surface area contributed by atoms with Crippen molar-refractivity contribution < 1.29 is 14.3 Å². The summed E-state index contributed by atoms with van der Waals surface area (Å²) in [4.78, 5) is 12.0. The number of nitrogens with one attached hydrogen (secondary N) is 1. The van der Waals surface area contributed by atoms with Crippen LogP contribution in [-0.4, -0.2) is 31.3 Å². The van der Waals surface area contributed by atoms with Crippen molar-refractivity contribution in [3.8, 4) is 0 Å². The van der Waals surface area contributed by atoms with Gasteiger partial charge in [-0.05, 0) is 25.3 Å². The summed E-state index contributed by atoms with van der Waals surface area (Å²) in [5, 5.41) is 3.38. The molecule has 1 aliphatic heterocycles. The van der Waals surface area contributed by atoms with Crippen molar-refractivity contribution in [2.75, 3.05) is 13.2 Å². The molecule has 1 fully saturated rings. The van der Waals surface area contributed by atoms with E-state index < -0.39 is 0 Å². The van der Waals surface area contributed by atoms with Gasteiger partial charge in [-0.2, -0.15) is 0 Å². The largest absolute Gasteiger partial charge is 0.461 e. The zero-order chi connectivity index (χ0) is 15.1. The first kappa shape index (κ1) is 16.0. The molecule has 1 aliphatic rings. The standard InChI is InChI=1S/C17H25NO3/c1-13(11-18-14(2)16-9-6-10-20-16)17(19)21-12-15-7-4-3-5-8-15/h3-5,7-8,13-14,16,18H,6,9-12H2,1-2H3. The molecule has 2 rings (SSSR count). The molecule has 1 saturated heterocycles. The maximum Gasteiger partial charge on any atom is 0.310 e. The van der Waals surface area contributed by atoms with E-state index in [1.807, 2.05) is 37.3 Å². The summed E-state index contributed by atoms with van der Waals surface area (Å²) < 4.78 is 11.0. The van der Waals surface area contributed by atoms with Crippen LogP contribution < -0.4 is 5.32 Å². The van der Waals surface area contributed by atoms with Crippen LogP contribution in [0, 0.1) is 5.92 Å². The average Bonchev–Trinajstić information content (AvgIpc) is 3.05. The van der Waals surface area contributed by atoms with Crippen LogP contribution in [-0.2, 0) is 20.9 Å². The maximum atomic E-state index is 12.0. The van der Waals surface area contributed by atoms with Crippen molar-refractivity contribution in [2.45, 2.75) is 45.4 Å². The molecule has 116 valence electrons. The molecule has 1 aromatic carbocycles. The number of ether oxygens (including phenoxy) is 2. The number of carbonyl (C=O) groups excluding carboxylic acids is 1. The Hall–Kier alpha value is -1.39. The molecule has 3 atom stereocenters. The summed E-state index contributed by atoms with van der Waals surface area (Å²) >= 11 is 0. The SMILES string of the molecule is CC(CNC(C)C1CCCO1)C(=O)OCc1ccccc1. The van der Waals surface area contributed by atoms with Gasteiger partial charge >= 0.3 is 5.97 Å². The number of hydrogen-bond acceptors (Lipinski definition) is 4. The molecule has 0 aliphatic carbocycles. The van der Waals surface area contributed by atoms with Crippen molar-refractivity contribution in [3.63, 3.8) is 0 Å². The van der Waals surface area contributed by atoms with Gasteiger partial charge in [-0.1, -0.05) is 37.3 Å². The summed E-state index contributed by atoms with van der Waals surface area (Å²) in [7, 11) is 0. The third-order valence-corrected chi connectivity index (χ3v) is 3.89. The lowest BCUT2D eigenvalue weighted by Crippen LogP contribution is -2.40. The Labute approximate surface area is 126 Å². The van der Waals surface area contributed by atoms with Gasteiger partial charge in [-0.15, -0.1) is 0 Å². The Morgan fingerprint density at radius 2 is 2.14 bits per heavy atom. The second-order valence-corrected chi connectivity index (χ2v) is 5.74. The molecular formula is C17H25NO3. The minimum atomic E-state index is -0.161. The van der Waals surface area contributed by atoms with Gasteiger partial charge in [0, 0.05) is 19.2 Å². The van der Waals surface area contributed by atoms with Crippen LogP contribution in [0.5, 0.6) is 0 Å². The van der Waals surface area contributed by atoms with Gasteiger partial charge in [0.05, 0.1) is 12.0 Å². The third kappa shape index (κ3) is 5.14. The molecule has 0 amide bonds. The highest BCUT2D eigenvalue weighted by Crippen LogP contribution is 2.15. The number of carbonyl (C=O) groups is 1. The lowest BCUT2D eigenvalue weighted by molar-refractivity contribution is -0.149. The Balaban J connectivity index is 1.67. The summed E-state index contributed by atoms with van der Waals surface area (Å²) in [5.74, 6) is -0.316. The van der Waals surface area contributed by atoms with Gasteiger partial charge in [-0.25, -0.2) is 0 Å². The second kappa shape index (κ2) is 8.15. The zero-order valence-electron chi connectivity index (χ0n) is 12.9. The van der Waals surface area contributed by atoms with Gasteiger partial charge in [0.1, 0.15) is 6.61 Å². The molecule has 0 bridgehead atoms. The molecule has 0 spiro atoms. The van der Waals surface area contributed by atoms with Gasteiger partial charge in [0.15, 0.2) is 0 Å². The van der Waals surface area contributed by atoms with Crippen LogP contribution in [0.3, 0.4) is 0 Å². The van der Waals surface area contributed by atoms with E-state index in [1.165, 1.54) is 0 Å². The lowest BCUT2D eigenvalue weighted by Gasteiger charge is -2.21. The predicted octanol–water partition coefficient (Wildman–Crippen LogP) is 2.52. The molecule has 4 nitrogen and oxygen atoms in total. The van der Waals surface area contributed by atoms with Crippen LogP contribution in [0.2, 0.25) is 0 Å². The average molecular weight is 291 g/mol. The molecule has 4 heteroatoms. The maximum absolute atomic E-state index is 12.0. The molecule has 0 radical (unpaired) electrons. The van der Waals surface area contributed by atoms with E-state index in [-0.39, 0.29) is 24.0 Å². The molecule has 1 aromatic rings. The molecule has 1 heterocycles. The molecule has 1 N–H and O–H groups in total. The van der Waals surface area contributed by atoms with Crippen LogP contribution in [0.1, 0.15) is 32.3 Å². The van der Waals surface area contributed by atoms with E-state index in [4.69, 9.17) is 9.47 Å². The van der Waals surface area contributed by atoms with Crippen molar-refractivity contribution in [1.29, 1.82) is 0 Å². The first-order valence-corrected chi connectivity index (χ1v) is 7.72. The summed E-state index contributed by atoms with van der Waals surface area (Å²) in [6.07, 6.45) is 2.50. The first-order valence-electron chi connectivity index (χ1n) is 7.72. The Morgan fingerprint density at radius 3 is 2.81 bits per heavy atom. The van der Waals surface area contributed by atoms with Gasteiger partial charge in [-0.3, -0.25) is 4.79 Å². The van der Waals surface area contributed by atoms with Gasteiger partial charge in [0.2, 0.25) is 0 Å². The Bertz CT molecular complexity index is 429. The molecule has 21 heavy (non-hydrogen) atoms. The van der Waals surface area contributed by atoms with E-state index in [0.29, 0.717) is 13.2 Å². The fourth-order valence-corrected chi connectivity index (χ4v) is 2.45.